The van der Waals surface area contributed by atoms with Crippen molar-refractivity contribution < 1.29 is 13.2 Å². The number of rotatable bonds is 5. The van der Waals surface area contributed by atoms with Gasteiger partial charge in [0.05, 0.1) is 12.4 Å². The molecule has 6 heteroatoms. The third kappa shape index (κ3) is 6.09. The Hall–Kier alpha value is -0.170. The van der Waals surface area contributed by atoms with E-state index in [4.69, 9.17) is 4.74 Å². The Morgan fingerprint density at radius 2 is 2.13 bits per heavy atom. The summed E-state index contributed by atoms with van der Waals surface area (Å²) in [6.45, 7) is 3.97. The number of hydrogen-bond acceptors (Lipinski definition) is 4. The van der Waals surface area contributed by atoms with E-state index in [9.17, 15) is 8.42 Å². The van der Waals surface area contributed by atoms with Crippen molar-refractivity contribution in [3.63, 3.8) is 0 Å². The zero-order chi connectivity index (χ0) is 11.3. The molecule has 90 valence electrons. The lowest BCUT2D eigenvalue weighted by Crippen LogP contribution is -2.41. The fraction of sp³-hybridized carbons (Fsp3) is 1.00. The van der Waals surface area contributed by atoms with Crippen molar-refractivity contribution in [3.8, 4) is 0 Å². The Morgan fingerprint density at radius 3 is 2.73 bits per heavy atom. The van der Waals surface area contributed by atoms with Crippen molar-refractivity contribution in [2.75, 3.05) is 26.0 Å². The minimum Gasteiger partial charge on any atom is -0.378 e. The molecule has 1 aliphatic rings. The summed E-state index contributed by atoms with van der Waals surface area (Å²) in [5, 5.41) is 3.32. The molecule has 0 saturated carbocycles. The van der Waals surface area contributed by atoms with Gasteiger partial charge in [-0.25, -0.2) is 13.1 Å². The van der Waals surface area contributed by atoms with Crippen LogP contribution < -0.4 is 10.0 Å². The first-order chi connectivity index (χ1) is 6.97. The highest BCUT2D eigenvalue weighted by atomic mass is 32.2. The van der Waals surface area contributed by atoms with Gasteiger partial charge in [-0.05, 0) is 19.8 Å². The van der Waals surface area contributed by atoms with Crippen LogP contribution >= 0.6 is 0 Å². The molecule has 1 heterocycles. The lowest BCUT2D eigenvalue weighted by molar-refractivity contribution is 0.0135. The summed E-state index contributed by atoms with van der Waals surface area (Å²) in [6, 6.07) is 0.454. The molecule has 1 rings (SSSR count). The molecule has 0 bridgehead atoms. The molecule has 0 aromatic heterocycles. The first kappa shape index (κ1) is 12.9. The summed E-state index contributed by atoms with van der Waals surface area (Å²) in [5.41, 5.74) is 0. The highest BCUT2D eigenvalue weighted by Crippen LogP contribution is 2.12. The van der Waals surface area contributed by atoms with Gasteiger partial charge in [0.15, 0.2) is 0 Å². The predicted molar refractivity (Wildman–Crippen MR) is 59.3 cm³/mol. The van der Waals surface area contributed by atoms with Crippen molar-refractivity contribution in [1.29, 1.82) is 0 Å². The molecule has 1 fully saturated rings. The molecule has 0 spiro atoms. The van der Waals surface area contributed by atoms with E-state index in [0.29, 0.717) is 25.2 Å². The van der Waals surface area contributed by atoms with Gasteiger partial charge in [0.2, 0.25) is 10.0 Å². The van der Waals surface area contributed by atoms with Crippen molar-refractivity contribution in [3.05, 3.63) is 0 Å². The average molecular weight is 236 g/mol. The molecule has 15 heavy (non-hydrogen) atoms. The third-order valence-corrected chi connectivity index (χ3v) is 3.14. The van der Waals surface area contributed by atoms with Crippen LogP contribution in [0.25, 0.3) is 0 Å². The molecule has 0 aromatic rings. The molecular formula is C9H20N2O3S. The summed E-state index contributed by atoms with van der Waals surface area (Å²) in [6.07, 6.45) is 3.48. The van der Waals surface area contributed by atoms with Gasteiger partial charge in [-0.15, -0.1) is 0 Å². The molecule has 1 aliphatic heterocycles. The van der Waals surface area contributed by atoms with Gasteiger partial charge in [0.25, 0.3) is 0 Å². The van der Waals surface area contributed by atoms with Crippen LogP contribution in [0.4, 0.5) is 0 Å². The first-order valence-electron chi connectivity index (χ1n) is 5.27. The standard InChI is InChI=1S/C9H20N2O3S/c1-8-7-9(3-6-14-8)10-4-5-11-15(2,12)13/h8-11H,3-7H2,1-2H3. The van der Waals surface area contributed by atoms with E-state index in [-0.39, 0.29) is 0 Å². The van der Waals surface area contributed by atoms with Gasteiger partial charge >= 0.3 is 0 Å². The number of hydrogen-bond donors (Lipinski definition) is 2. The van der Waals surface area contributed by atoms with Crippen LogP contribution in [0.1, 0.15) is 19.8 Å². The van der Waals surface area contributed by atoms with E-state index in [1.807, 2.05) is 0 Å². The quantitative estimate of drug-likeness (QED) is 0.643. The van der Waals surface area contributed by atoms with Crippen LogP contribution in [0.3, 0.4) is 0 Å². The molecule has 0 aliphatic carbocycles. The van der Waals surface area contributed by atoms with E-state index in [2.05, 4.69) is 17.0 Å². The molecule has 2 N–H and O–H groups in total. The van der Waals surface area contributed by atoms with E-state index in [0.717, 1.165) is 19.4 Å². The molecule has 0 aromatic carbocycles. The highest BCUT2D eigenvalue weighted by Gasteiger charge is 2.18. The lowest BCUT2D eigenvalue weighted by atomic mass is 10.0. The van der Waals surface area contributed by atoms with Crippen molar-refractivity contribution in [2.24, 2.45) is 0 Å². The minimum atomic E-state index is -3.05. The monoisotopic (exact) mass is 236 g/mol. The second kappa shape index (κ2) is 5.79. The van der Waals surface area contributed by atoms with Crippen LogP contribution in [0.15, 0.2) is 0 Å². The topological polar surface area (TPSA) is 67.4 Å². The van der Waals surface area contributed by atoms with Crippen LogP contribution in [0, 0.1) is 0 Å². The van der Waals surface area contributed by atoms with Crippen molar-refractivity contribution in [2.45, 2.75) is 31.9 Å². The fourth-order valence-electron chi connectivity index (χ4n) is 1.70. The average Bonchev–Trinajstić information content (AvgIpc) is 2.11. The Balaban J connectivity index is 2.09. The first-order valence-corrected chi connectivity index (χ1v) is 7.16. The molecule has 2 unspecified atom stereocenters. The Bertz CT molecular complexity index is 279. The van der Waals surface area contributed by atoms with Crippen LogP contribution in [0.2, 0.25) is 0 Å². The zero-order valence-electron chi connectivity index (χ0n) is 9.32. The minimum absolute atomic E-state index is 0.305. The second-order valence-electron chi connectivity index (χ2n) is 4.02. The van der Waals surface area contributed by atoms with E-state index < -0.39 is 10.0 Å². The van der Waals surface area contributed by atoms with E-state index in [1.165, 1.54) is 6.26 Å². The van der Waals surface area contributed by atoms with Crippen molar-refractivity contribution in [1.82, 2.24) is 10.0 Å². The summed E-state index contributed by atoms with van der Waals surface area (Å²) in [7, 11) is -3.05. The lowest BCUT2D eigenvalue weighted by Gasteiger charge is -2.28. The molecule has 5 nitrogen and oxygen atoms in total. The van der Waals surface area contributed by atoms with Gasteiger partial charge in [0.1, 0.15) is 0 Å². The van der Waals surface area contributed by atoms with Gasteiger partial charge in [-0.1, -0.05) is 0 Å². The molecule has 0 amide bonds. The SMILES string of the molecule is CC1CC(NCCNS(C)(=O)=O)CCO1. The van der Waals surface area contributed by atoms with E-state index >= 15 is 0 Å². The highest BCUT2D eigenvalue weighted by molar-refractivity contribution is 7.88. The van der Waals surface area contributed by atoms with Crippen LogP contribution in [0.5, 0.6) is 0 Å². The summed E-state index contributed by atoms with van der Waals surface area (Å²) in [4.78, 5) is 0. The normalized spacial score (nSPS) is 27.9. The maximum atomic E-state index is 10.8. The Morgan fingerprint density at radius 1 is 1.40 bits per heavy atom. The maximum Gasteiger partial charge on any atom is 0.208 e. The van der Waals surface area contributed by atoms with Gasteiger partial charge < -0.3 is 10.1 Å². The molecule has 0 radical (unpaired) electrons. The summed E-state index contributed by atoms with van der Waals surface area (Å²) >= 11 is 0. The van der Waals surface area contributed by atoms with E-state index in [1.54, 1.807) is 0 Å². The van der Waals surface area contributed by atoms with Gasteiger partial charge in [-0.2, -0.15) is 0 Å². The number of nitrogens with one attached hydrogen (secondary N) is 2. The van der Waals surface area contributed by atoms with Gasteiger partial charge in [-0.3, -0.25) is 0 Å². The van der Waals surface area contributed by atoms with Gasteiger partial charge in [0, 0.05) is 25.7 Å². The predicted octanol–water partition coefficient (Wildman–Crippen LogP) is -0.307. The largest absolute Gasteiger partial charge is 0.378 e. The number of ether oxygens (including phenoxy) is 1. The summed E-state index contributed by atoms with van der Waals surface area (Å²) < 4.78 is 29.4. The Labute approximate surface area is 91.6 Å². The number of sulfonamides is 1. The van der Waals surface area contributed by atoms with Crippen LogP contribution in [-0.4, -0.2) is 46.5 Å². The van der Waals surface area contributed by atoms with Crippen molar-refractivity contribution >= 4 is 10.0 Å². The van der Waals surface area contributed by atoms with Crippen LogP contribution in [-0.2, 0) is 14.8 Å². The molecule has 1 saturated heterocycles. The fourth-order valence-corrected chi connectivity index (χ4v) is 2.17. The molecular weight excluding hydrogens is 216 g/mol. The smallest absolute Gasteiger partial charge is 0.208 e. The zero-order valence-corrected chi connectivity index (χ0v) is 10.1. The molecule has 2 atom stereocenters. The third-order valence-electron chi connectivity index (χ3n) is 2.41. The summed E-state index contributed by atoms with van der Waals surface area (Å²) in [5.74, 6) is 0. The maximum absolute atomic E-state index is 10.8. The second-order valence-corrected chi connectivity index (χ2v) is 5.86. The Kier molecular flexibility index (Phi) is 4.98.